The molecular formula is C18H18N8. The summed E-state index contributed by atoms with van der Waals surface area (Å²) in [6.45, 7) is 1.41. The second-order valence-electron chi connectivity index (χ2n) is 6.54. The van der Waals surface area contributed by atoms with E-state index in [1.165, 1.54) is 24.0 Å². The minimum atomic E-state index is 0.556. The summed E-state index contributed by atoms with van der Waals surface area (Å²) >= 11 is 0. The first-order valence-corrected chi connectivity index (χ1v) is 8.68. The number of aromatic nitrogens is 7. The third-order valence-corrected chi connectivity index (χ3v) is 4.59. The predicted octanol–water partition coefficient (Wildman–Crippen LogP) is 2.41. The molecule has 5 rings (SSSR count). The molecule has 1 aliphatic carbocycles. The number of nitrogens with zero attached hydrogens (tertiary/aromatic N) is 7. The van der Waals surface area contributed by atoms with Crippen molar-refractivity contribution in [1.29, 1.82) is 0 Å². The second kappa shape index (κ2) is 6.21. The Morgan fingerprint density at radius 2 is 1.81 bits per heavy atom. The van der Waals surface area contributed by atoms with Crippen LogP contribution in [0.2, 0.25) is 0 Å². The van der Waals surface area contributed by atoms with Crippen LogP contribution in [0.15, 0.2) is 49.6 Å². The number of imidazole rings is 1. The molecule has 3 heterocycles. The summed E-state index contributed by atoms with van der Waals surface area (Å²) in [6, 6.07) is 8.99. The summed E-state index contributed by atoms with van der Waals surface area (Å²) in [7, 11) is 0. The molecule has 0 unspecified atom stereocenters. The molecule has 8 heteroatoms. The van der Waals surface area contributed by atoms with Gasteiger partial charge in [-0.1, -0.05) is 24.3 Å². The van der Waals surface area contributed by atoms with E-state index in [-0.39, 0.29) is 0 Å². The van der Waals surface area contributed by atoms with E-state index in [1.54, 1.807) is 23.7 Å². The van der Waals surface area contributed by atoms with Crippen molar-refractivity contribution in [3.63, 3.8) is 0 Å². The number of benzene rings is 1. The van der Waals surface area contributed by atoms with Gasteiger partial charge in [0.1, 0.15) is 24.5 Å². The molecule has 3 aromatic heterocycles. The molecule has 0 atom stereocenters. The number of anilines is 1. The van der Waals surface area contributed by atoms with Crippen molar-refractivity contribution in [2.45, 2.75) is 32.0 Å². The van der Waals surface area contributed by atoms with Crippen molar-refractivity contribution in [1.82, 2.24) is 34.3 Å². The van der Waals surface area contributed by atoms with Crippen molar-refractivity contribution in [3.05, 3.63) is 60.7 Å². The van der Waals surface area contributed by atoms with Gasteiger partial charge in [0.2, 0.25) is 0 Å². The third kappa shape index (κ3) is 2.90. The van der Waals surface area contributed by atoms with Gasteiger partial charge >= 0.3 is 0 Å². The number of fused-ring (bicyclic) bond motifs is 1. The molecule has 8 nitrogen and oxygen atoms in total. The molecule has 0 aliphatic heterocycles. The Kier molecular flexibility index (Phi) is 3.59. The van der Waals surface area contributed by atoms with E-state index in [2.05, 4.69) is 59.2 Å². The molecule has 0 bridgehead atoms. The summed E-state index contributed by atoms with van der Waals surface area (Å²) < 4.78 is 3.96. The number of rotatable bonds is 6. The molecule has 0 amide bonds. The molecule has 1 saturated carbocycles. The van der Waals surface area contributed by atoms with Gasteiger partial charge in [0, 0.05) is 12.6 Å². The molecule has 26 heavy (non-hydrogen) atoms. The van der Waals surface area contributed by atoms with Crippen molar-refractivity contribution < 1.29 is 0 Å². The van der Waals surface area contributed by atoms with Gasteiger partial charge in [-0.05, 0) is 24.0 Å². The van der Waals surface area contributed by atoms with Gasteiger partial charge in [-0.25, -0.2) is 24.6 Å². The topological polar surface area (TPSA) is 86.3 Å². The Balaban J connectivity index is 1.29. The fourth-order valence-electron chi connectivity index (χ4n) is 3.05. The molecule has 4 aromatic rings. The van der Waals surface area contributed by atoms with E-state index in [4.69, 9.17) is 0 Å². The van der Waals surface area contributed by atoms with Crippen molar-refractivity contribution in [2.75, 3.05) is 5.32 Å². The van der Waals surface area contributed by atoms with Crippen LogP contribution in [0.3, 0.4) is 0 Å². The minimum Gasteiger partial charge on any atom is -0.364 e. The van der Waals surface area contributed by atoms with Crippen LogP contribution >= 0.6 is 0 Å². The highest BCUT2D eigenvalue weighted by atomic mass is 15.3. The summed E-state index contributed by atoms with van der Waals surface area (Å²) in [4.78, 5) is 17.2. The van der Waals surface area contributed by atoms with Crippen LogP contribution in [0.1, 0.15) is 30.0 Å². The largest absolute Gasteiger partial charge is 0.364 e. The van der Waals surface area contributed by atoms with Gasteiger partial charge in [-0.2, -0.15) is 5.10 Å². The van der Waals surface area contributed by atoms with Crippen LogP contribution in [0.25, 0.3) is 11.2 Å². The lowest BCUT2D eigenvalue weighted by atomic mass is 10.1. The summed E-state index contributed by atoms with van der Waals surface area (Å²) in [5.41, 5.74) is 4.11. The Hall–Kier alpha value is -3.29. The van der Waals surface area contributed by atoms with Gasteiger partial charge in [0.15, 0.2) is 11.5 Å². The quantitative estimate of drug-likeness (QED) is 0.577. The van der Waals surface area contributed by atoms with Crippen LogP contribution in [0, 0.1) is 0 Å². The van der Waals surface area contributed by atoms with E-state index in [0.717, 1.165) is 23.5 Å². The molecular weight excluding hydrogens is 328 g/mol. The molecule has 1 fully saturated rings. The standard InChI is InChI=1S/C18H18N8/c1-3-14(8-25-11-19-9-24-25)4-2-13(1)7-20-17-16-18(22-10-21-17)26(12-23-16)15-5-6-15/h1-4,9-12,15H,5-8H2,(H,20,21,22). The third-order valence-electron chi connectivity index (χ3n) is 4.59. The Labute approximate surface area is 150 Å². The lowest BCUT2D eigenvalue weighted by Gasteiger charge is -2.08. The van der Waals surface area contributed by atoms with Crippen molar-refractivity contribution in [3.8, 4) is 0 Å². The monoisotopic (exact) mass is 346 g/mol. The normalized spacial score (nSPS) is 14.0. The maximum absolute atomic E-state index is 4.51. The van der Waals surface area contributed by atoms with E-state index in [9.17, 15) is 0 Å². The highest BCUT2D eigenvalue weighted by Crippen LogP contribution is 2.37. The molecule has 1 aromatic carbocycles. The van der Waals surface area contributed by atoms with Crippen LogP contribution in [0.4, 0.5) is 5.82 Å². The first-order chi connectivity index (χ1) is 12.9. The lowest BCUT2D eigenvalue weighted by molar-refractivity contribution is 0.684. The SMILES string of the molecule is c1nc(NCc2ccc(Cn3cncn3)cc2)c2ncn(C3CC3)c2n1. The van der Waals surface area contributed by atoms with E-state index < -0.39 is 0 Å². The summed E-state index contributed by atoms with van der Waals surface area (Å²) in [5.74, 6) is 0.779. The van der Waals surface area contributed by atoms with Crippen LogP contribution < -0.4 is 5.32 Å². The van der Waals surface area contributed by atoms with Gasteiger partial charge in [0.05, 0.1) is 12.9 Å². The van der Waals surface area contributed by atoms with Crippen LogP contribution in [0.5, 0.6) is 0 Å². The Morgan fingerprint density at radius 3 is 2.58 bits per heavy atom. The highest BCUT2D eigenvalue weighted by molar-refractivity contribution is 5.82. The maximum atomic E-state index is 4.51. The van der Waals surface area contributed by atoms with Crippen molar-refractivity contribution in [2.24, 2.45) is 0 Å². The second-order valence-corrected chi connectivity index (χ2v) is 6.54. The molecule has 0 radical (unpaired) electrons. The maximum Gasteiger partial charge on any atom is 0.165 e. The smallest absolute Gasteiger partial charge is 0.165 e. The molecule has 130 valence electrons. The van der Waals surface area contributed by atoms with Gasteiger partial charge in [0.25, 0.3) is 0 Å². The van der Waals surface area contributed by atoms with Gasteiger partial charge in [-0.3, -0.25) is 0 Å². The first kappa shape index (κ1) is 15.0. The molecule has 0 spiro atoms. The van der Waals surface area contributed by atoms with E-state index >= 15 is 0 Å². The average molecular weight is 346 g/mol. The molecule has 1 aliphatic rings. The fourth-order valence-corrected chi connectivity index (χ4v) is 3.05. The average Bonchev–Trinajstić information content (AvgIpc) is 3.21. The van der Waals surface area contributed by atoms with E-state index in [1.807, 2.05) is 6.33 Å². The van der Waals surface area contributed by atoms with Crippen LogP contribution in [-0.4, -0.2) is 34.3 Å². The van der Waals surface area contributed by atoms with Gasteiger partial charge < -0.3 is 9.88 Å². The zero-order valence-electron chi connectivity index (χ0n) is 14.2. The molecule has 0 saturated heterocycles. The van der Waals surface area contributed by atoms with Gasteiger partial charge in [-0.15, -0.1) is 0 Å². The number of nitrogens with one attached hydrogen (secondary N) is 1. The zero-order chi connectivity index (χ0) is 17.3. The molecule has 1 N–H and O–H groups in total. The lowest BCUT2D eigenvalue weighted by Crippen LogP contribution is -2.04. The minimum absolute atomic E-state index is 0.556. The fraction of sp³-hybridized carbons (Fsp3) is 0.278. The zero-order valence-corrected chi connectivity index (χ0v) is 14.2. The van der Waals surface area contributed by atoms with Crippen LogP contribution in [-0.2, 0) is 13.1 Å². The van der Waals surface area contributed by atoms with E-state index in [0.29, 0.717) is 12.6 Å². The number of hydrogen-bond donors (Lipinski definition) is 1. The highest BCUT2D eigenvalue weighted by Gasteiger charge is 2.26. The summed E-state index contributed by atoms with van der Waals surface area (Å²) in [6.07, 6.45) is 9.16. The summed E-state index contributed by atoms with van der Waals surface area (Å²) in [5, 5.41) is 7.51. The Bertz CT molecular complexity index is 1020. The predicted molar refractivity (Wildman–Crippen MR) is 96.5 cm³/mol. The first-order valence-electron chi connectivity index (χ1n) is 8.68. The van der Waals surface area contributed by atoms with Crippen molar-refractivity contribution >= 4 is 17.0 Å². The Morgan fingerprint density at radius 1 is 0.962 bits per heavy atom. The number of hydrogen-bond acceptors (Lipinski definition) is 6.